The van der Waals surface area contributed by atoms with E-state index in [-0.39, 0.29) is 0 Å². The summed E-state index contributed by atoms with van der Waals surface area (Å²) in [6, 6.07) is 75.7. The second-order valence-corrected chi connectivity index (χ2v) is 14.9. The van der Waals surface area contributed by atoms with E-state index in [4.69, 9.17) is 0 Å². The van der Waals surface area contributed by atoms with E-state index >= 15 is 0 Å². The molecule has 2 aromatic heterocycles. The van der Waals surface area contributed by atoms with Crippen LogP contribution in [0.25, 0.3) is 110 Å². The van der Waals surface area contributed by atoms with Gasteiger partial charge in [-0.05, 0) is 121 Å². The summed E-state index contributed by atoms with van der Waals surface area (Å²) in [4.78, 5) is 0. The maximum absolute atomic E-state index is 2.43. The van der Waals surface area contributed by atoms with Crippen molar-refractivity contribution in [2.24, 2.45) is 0 Å². The summed E-state index contributed by atoms with van der Waals surface area (Å²) in [6.45, 7) is 0. The van der Waals surface area contributed by atoms with Gasteiger partial charge in [0.15, 0.2) is 0 Å². The number of hydrogen-bond acceptors (Lipinski definition) is 0. The Bertz CT molecular complexity index is 3490. The average molecular weight is 711 g/mol. The maximum atomic E-state index is 2.43. The molecule has 0 aliphatic carbocycles. The Morgan fingerprint density at radius 2 is 0.607 bits per heavy atom. The summed E-state index contributed by atoms with van der Waals surface area (Å²) in [5.74, 6) is 0. The number of benzene rings is 10. The van der Waals surface area contributed by atoms with Gasteiger partial charge in [-0.25, -0.2) is 0 Å². The molecule has 12 aromatic rings. The standard InChI is InChI=1S/C54H34N2/c1-2-15-39(16-3-1)55-51-23-10-9-22-47(51)50-34-40(27-30-54(50)55)56-52-24-11-8-21-46(52)49-33-38(26-29-53(49)56)36-14-12-13-35(31-36)37-25-28-45-43-19-5-4-17-41(43)42-18-6-7-20-44(42)48(45)32-37/h1-34H. The van der Waals surface area contributed by atoms with Crippen molar-refractivity contribution in [3.05, 3.63) is 206 Å². The molecule has 0 spiro atoms. The predicted octanol–water partition coefficient (Wildman–Crippen LogP) is 14.7. The molecule has 0 saturated carbocycles. The van der Waals surface area contributed by atoms with Crippen LogP contribution in [0, 0.1) is 0 Å². The molecule has 2 heterocycles. The first-order chi connectivity index (χ1) is 27.8. The smallest absolute Gasteiger partial charge is 0.0542 e. The molecule has 0 atom stereocenters. The van der Waals surface area contributed by atoms with E-state index in [9.17, 15) is 0 Å². The molecule has 12 rings (SSSR count). The van der Waals surface area contributed by atoms with Crippen LogP contribution >= 0.6 is 0 Å². The lowest BCUT2D eigenvalue weighted by Gasteiger charge is -2.13. The van der Waals surface area contributed by atoms with Crippen LogP contribution in [0.3, 0.4) is 0 Å². The highest BCUT2D eigenvalue weighted by Gasteiger charge is 2.17. The van der Waals surface area contributed by atoms with E-state index in [0.29, 0.717) is 0 Å². The highest BCUT2D eigenvalue weighted by Crippen LogP contribution is 2.40. The van der Waals surface area contributed by atoms with E-state index in [0.717, 1.165) is 5.69 Å². The summed E-state index contributed by atoms with van der Waals surface area (Å²) in [7, 11) is 0. The van der Waals surface area contributed by atoms with Crippen LogP contribution < -0.4 is 0 Å². The number of fused-ring (bicyclic) bond motifs is 12. The van der Waals surface area contributed by atoms with Crippen molar-refractivity contribution in [2.45, 2.75) is 0 Å². The fraction of sp³-hybridized carbons (Fsp3) is 0. The second kappa shape index (κ2) is 12.0. The average Bonchev–Trinajstić information content (AvgIpc) is 3.79. The Kier molecular flexibility index (Phi) is 6.66. The van der Waals surface area contributed by atoms with Gasteiger partial charge in [-0.2, -0.15) is 0 Å². The van der Waals surface area contributed by atoms with Crippen molar-refractivity contribution in [2.75, 3.05) is 0 Å². The van der Waals surface area contributed by atoms with Gasteiger partial charge in [-0.1, -0.05) is 140 Å². The summed E-state index contributed by atoms with van der Waals surface area (Å²) >= 11 is 0. The Balaban J connectivity index is 0.996. The number of rotatable bonds is 4. The molecule has 10 aromatic carbocycles. The summed E-state index contributed by atoms with van der Waals surface area (Å²) in [5, 5.41) is 12.8. The van der Waals surface area contributed by atoms with Crippen molar-refractivity contribution in [1.29, 1.82) is 0 Å². The molecule has 0 aliphatic heterocycles. The molecule has 2 heteroatoms. The lowest BCUT2D eigenvalue weighted by molar-refractivity contribution is 1.17. The number of aromatic nitrogens is 2. The van der Waals surface area contributed by atoms with Gasteiger partial charge in [0.05, 0.1) is 22.1 Å². The number of para-hydroxylation sites is 3. The monoisotopic (exact) mass is 710 g/mol. The molecule has 0 unspecified atom stereocenters. The van der Waals surface area contributed by atoms with Crippen LogP contribution in [0.15, 0.2) is 206 Å². The highest BCUT2D eigenvalue weighted by molar-refractivity contribution is 6.25. The van der Waals surface area contributed by atoms with Crippen LogP contribution in [0.1, 0.15) is 0 Å². The maximum Gasteiger partial charge on any atom is 0.0542 e. The van der Waals surface area contributed by atoms with Crippen LogP contribution in [-0.2, 0) is 0 Å². The van der Waals surface area contributed by atoms with Gasteiger partial charge in [-0.3, -0.25) is 0 Å². The fourth-order valence-electron chi connectivity index (χ4n) is 9.35. The minimum atomic E-state index is 1.16. The van der Waals surface area contributed by atoms with E-state index in [2.05, 4.69) is 215 Å². The molecule has 2 nitrogen and oxygen atoms in total. The van der Waals surface area contributed by atoms with Gasteiger partial charge in [0.25, 0.3) is 0 Å². The van der Waals surface area contributed by atoms with Crippen molar-refractivity contribution >= 4 is 75.9 Å². The summed E-state index contributed by atoms with van der Waals surface area (Å²) < 4.78 is 4.81. The van der Waals surface area contributed by atoms with Crippen molar-refractivity contribution in [1.82, 2.24) is 9.13 Å². The molecule has 0 radical (unpaired) electrons. The van der Waals surface area contributed by atoms with E-state index in [1.165, 1.54) is 104 Å². The Hall–Kier alpha value is -7.42. The van der Waals surface area contributed by atoms with Crippen molar-refractivity contribution < 1.29 is 0 Å². The van der Waals surface area contributed by atoms with E-state index in [1.54, 1.807) is 0 Å². The number of nitrogens with zero attached hydrogens (tertiary/aromatic N) is 2. The van der Waals surface area contributed by atoms with Gasteiger partial charge in [0.2, 0.25) is 0 Å². The normalized spacial score (nSPS) is 11.9. The zero-order chi connectivity index (χ0) is 36.7. The third-order valence-corrected chi connectivity index (χ3v) is 11.9. The lowest BCUT2D eigenvalue weighted by Crippen LogP contribution is -1.95. The topological polar surface area (TPSA) is 9.86 Å². The summed E-state index contributed by atoms with van der Waals surface area (Å²) in [6.07, 6.45) is 0. The van der Waals surface area contributed by atoms with E-state index < -0.39 is 0 Å². The Labute approximate surface area is 323 Å². The number of hydrogen-bond donors (Lipinski definition) is 0. The van der Waals surface area contributed by atoms with Crippen LogP contribution in [0.4, 0.5) is 0 Å². The first-order valence-corrected chi connectivity index (χ1v) is 19.3. The van der Waals surface area contributed by atoms with Gasteiger partial charge in [0.1, 0.15) is 0 Å². The zero-order valence-electron chi connectivity index (χ0n) is 30.5. The van der Waals surface area contributed by atoms with Crippen LogP contribution in [-0.4, -0.2) is 9.13 Å². The fourth-order valence-corrected chi connectivity index (χ4v) is 9.35. The minimum Gasteiger partial charge on any atom is -0.309 e. The molecule has 0 N–H and O–H groups in total. The molecule has 0 aliphatic rings. The molecule has 0 fully saturated rings. The van der Waals surface area contributed by atoms with Gasteiger partial charge >= 0.3 is 0 Å². The zero-order valence-corrected chi connectivity index (χ0v) is 30.5. The SMILES string of the molecule is c1ccc(-n2c3ccccc3c3cc(-n4c5ccccc5c5cc(-c6cccc(-c7ccc8c9ccccc9c9ccccc9c8c7)c6)ccc54)ccc32)cc1. The molecule has 260 valence electrons. The van der Waals surface area contributed by atoms with Crippen molar-refractivity contribution in [3.8, 4) is 33.6 Å². The molecule has 56 heavy (non-hydrogen) atoms. The van der Waals surface area contributed by atoms with E-state index in [1.807, 2.05) is 0 Å². The van der Waals surface area contributed by atoms with Gasteiger partial charge < -0.3 is 9.13 Å². The van der Waals surface area contributed by atoms with Gasteiger partial charge in [0, 0.05) is 32.9 Å². The lowest BCUT2D eigenvalue weighted by atomic mass is 9.91. The molecule has 0 bridgehead atoms. The van der Waals surface area contributed by atoms with Crippen LogP contribution in [0.2, 0.25) is 0 Å². The summed E-state index contributed by atoms with van der Waals surface area (Å²) in [5.41, 5.74) is 12.0. The second-order valence-electron chi connectivity index (χ2n) is 14.9. The molecular formula is C54H34N2. The first kappa shape index (κ1) is 31.0. The molecule has 0 saturated heterocycles. The Morgan fingerprint density at radius 1 is 0.196 bits per heavy atom. The minimum absolute atomic E-state index is 1.16. The van der Waals surface area contributed by atoms with Crippen molar-refractivity contribution in [3.63, 3.8) is 0 Å². The third-order valence-electron chi connectivity index (χ3n) is 11.9. The largest absolute Gasteiger partial charge is 0.309 e. The molecule has 0 amide bonds. The first-order valence-electron chi connectivity index (χ1n) is 19.3. The third kappa shape index (κ3) is 4.57. The highest BCUT2D eigenvalue weighted by atomic mass is 15.0. The van der Waals surface area contributed by atoms with Crippen LogP contribution in [0.5, 0.6) is 0 Å². The quantitative estimate of drug-likeness (QED) is 0.161. The Morgan fingerprint density at radius 3 is 1.23 bits per heavy atom. The molecular weight excluding hydrogens is 677 g/mol. The van der Waals surface area contributed by atoms with Gasteiger partial charge in [-0.15, -0.1) is 0 Å². The predicted molar refractivity (Wildman–Crippen MR) is 239 cm³/mol.